The van der Waals surface area contributed by atoms with Crippen molar-refractivity contribution in [2.24, 2.45) is 5.92 Å². The second-order valence-corrected chi connectivity index (χ2v) is 6.47. The standard InChI is InChI=1S/C17H25NO2/c1-11-6-8-18(9-7-11)15-10-20-17-13(3)12(2)4-5-14(17)16(15)19/h4-5,11,15-16,19H,6-10H2,1-3H3. The molecule has 0 amide bonds. The highest BCUT2D eigenvalue weighted by Crippen LogP contribution is 2.38. The Hall–Kier alpha value is -1.06. The molecule has 0 spiro atoms. The highest BCUT2D eigenvalue weighted by Gasteiger charge is 2.35. The van der Waals surface area contributed by atoms with E-state index < -0.39 is 6.10 Å². The molecule has 0 radical (unpaired) electrons. The molecule has 2 atom stereocenters. The number of piperidine rings is 1. The number of hydrogen-bond acceptors (Lipinski definition) is 3. The average molecular weight is 275 g/mol. The number of fused-ring (bicyclic) bond motifs is 1. The topological polar surface area (TPSA) is 32.7 Å². The number of aryl methyl sites for hydroxylation is 1. The first-order valence-corrected chi connectivity index (χ1v) is 7.73. The van der Waals surface area contributed by atoms with Gasteiger partial charge in [0, 0.05) is 5.56 Å². The summed E-state index contributed by atoms with van der Waals surface area (Å²) < 4.78 is 6.00. The van der Waals surface area contributed by atoms with Crippen LogP contribution in [0.5, 0.6) is 5.75 Å². The van der Waals surface area contributed by atoms with Crippen LogP contribution >= 0.6 is 0 Å². The van der Waals surface area contributed by atoms with Crippen LogP contribution < -0.4 is 4.74 Å². The molecule has 20 heavy (non-hydrogen) atoms. The zero-order chi connectivity index (χ0) is 14.3. The summed E-state index contributed by atoms with van der Waals surface area (Å²) in [5.41, 5.74) is 3.34. The lowest BCUT2D eigenvalue weighted by Gasteiger charge is -2.41. The molecule has 1 N–H and O–H groups in total. The molecule has 2 unspecified atom stereocenters. The summed E-state index contributed by atoms with van der Waals surface area (Å²) in [6.45, 7) is 9.23. The average Bonchev–Trinajstić information content (AvgIpc) is 2.45. The zero-order valence-corrected chi connectivity index (χ0v) is 12.7. The van der Waals surface area contributed by atoms with Crippen LogP contribution in [0.25, 0.3) is 0 Å². The molecular formula is C17H25NO2. The summed E-state index contributed by atoms with van der Waals surface area (Å²) in [6, 6.07) is 4.22. The predicted octanol–water partition coefficient (Wildman–Crippen LogP) is 2.83. The molecule has 1 aromatic carbocycles. The molecule has 3 nitrogen and oxygen atoms in total. The van der Waals surface area contributed by atoms with Crippen molar-refractivity contribution in [3.8, 4) is 5.75 Å². The van der Waals surface area contributed by atoms with Gasteiger partial charge in [-0.15, -0.1) is 0 Å². The normalized spacial score (nSPS) is 28.0. The largest absolute Gasteiger partial charge is 0.491 e. The maximum Gasteiger partial charge on any atom is 0.128 e. The summed E-state index contributed by atoms with van der Waals surface area (Å²) in [4.78, 5) is 2.41. The quantitative estimate of drug-likeness (QED) is 0.855. The van der Waals surface area contributed by atoms with Gasteiger partial charge in [0.25, 0.3) is 0 Å². The fourth-order valence-corrected chi connectivity index (χ4v) is 3.37. The Labute approximate surface area is 121 Å². The van der Waals surface area contributed by atoms with Crippen LogP contribution in [0.15, 0.2) is 12.1 Å². The van der Waals surface area contributed by atoms with E-state index in [1.54, 1.807) is 0 Å². The lowest BCUT2D eigenvalue weighted by Crippen LogP contribution is -2.49. The van der Waals surface area contributed by atoms with E-state index in [1.165, 1.54) is 18.4 Å². The number of benzene rings is 1. The lowest BCUT2D eigenvalue weighted by molar-refractivity contribution is -0.0100. The molecular weight excluding hydrogens is 250 g/mol. The summed E-state index contributed by atoms with van der Waals surface area (Å²) in [7, 11) is 0. The Morgan fingerprint density at radius 2 is 1.90 bits per heavy atom. The van der Waals surface area contributed by atoms with Crippen molar-refractivity contribution in [3.05, 3.63) is 28.8 Å². The first kappa shape index (κ1) is 13.9. The van der Waals surface area contributed by atoms with Crippen molar-refractivity contribution in [1.82, 2.24) is 4.90 Å². The van der Waals surface area contributed by atoms with Gasteiger partial charge < -0.3 is 9.84 Å². The van der Waals surface area contributed by atoms with Crippen LogP contribution in [-0.2, 0) is 0 Å². The minimum Gasteiger partial charge on any atom is -0.491 e. The van der Waals surface area contributed by atoms with Gasteiger partial charge in [-0.05, 0) is 56.8 Å². The molecule has 0 aromatic heterocycles. The number of rotatable bonds is 1. The fraction of sp³-hybridized carbons (Fsp3) is 0.647. The summed E-state index contributed by atoms with van der Waals surface area (Å²) in [6.07, 6.45) is 2.03. The van der Waals surface area contributed by atoms with Crippen LogP contribution in [0.4, 0.5) is 0 Å². The van der Waals surface area contributed by atoms with Gasteiger partial charge in [0.05, 0.1) is 6.04 Å². The Kier molecular flexibility index (Phi) is 3.74. The molecule has 1 saturated heterocycles. The van der Waals surface area contributed by atoms with Gasteiger partial charge in [-0.3, -0.25) is 4.90 Å². The monoisotopic (exact) mass is 275 g/mol. The van der Waals surface area contributed by atoms with E-state index in [4.69, 9.17) is 4.74 Å². The van der Waals surface area contributed by atoms with Crippen LogP contribution in [0, 0.1) is 19.8 Å². The summed E-state index contributed by atoms with van der Waals surface area (Å²) >= 11 is 0. The summed E-state index contributed by atoms with van der Waals surface area (Å²) in [5.74, 6) is 1.71. The molecule has 2 heterocycles. The van der Waals surface area contributed by atoms with Gasteiger partial charge in [0.2, 0.25) is 0 Å². The minimum absolute atomic E-state index is 0.108. The highest BCUT2D eigenvalue weighted by atomic mass is 16.5. The third-order valence-corrected chi connectivity index (χ3v) is 5.08. The van der Waals surface area contributed by atoms with E-state index in [0.29, 0.717) is 6.61 Å². The molecule has 0 aliphatic carbocycles. The smallest absolute Gasteiger partial charge is 0.128 e. The Morgan fingerprint density at radius 1 is 1.20 bits per heavy atom. The van der Waals surface area contributed by atoms with Crippen LogP contribution in [0.1, 0.15) is 42.6 Å². The first-order chi connectivity index (χ1) is 9.58. The molecule has 2 aliphatic heterocycles. The second-order valence-electron chi connectivity index (χ2n) is 6.47. The molecule has 0 saturated carbocycles. The van der Waals surface area contributed by atoms with Gasteiger partial charge in [-0.2, -0.15) is 0 Å². The number of ether oxygens (including phenoxy) is 1. The van der Waals surface area contributed by atoms with Gasteiger partial charge in [-0.25, -0.2) is 0 Å². The van der Waals surface area contributed by atoms with E-state index in [2.05, 4.69) is 31.7 Å². The van der Waals surface area contributed by atoms with Gasteiger partial charge in [0.15, 0.2) is 0 Å². The Balaban J connectivity index is 1.82. The maximum absolute atomic E-state index is 10.7. The minimum atomic E-state index is -0.425. The van der Waals surface area contributed by atoms with Crippen molar-refractivity contribution >= 4 is 0 Å². The second kappa shape index (κ2) is 5.38. The molecule has 1 aromatic rings. The van der Waals surface area contributed by atoms with Gasteiger partial charge >= 0.3 is 0 Å². The van der Waals surface area contributed by atoms with E-state index in [0.717, 1.165) is 35.9 Å². The van der Waals surface area contributed by atoms with Crippen molar-refractivity contribution in [2.75, 3.05) is 19.7 Å². The fourth-order valence-electron chi connectivity index (χ4n) is 3.37. The third-order valence-electron chi connectivity index (χ3n) is 5.08. The van der Waals surface area contributed by atoms with E-state index in [-0.39, 0.29) is 6.04 Å². The number of aliphatic hydroxyl groups excluding tert-OH is 1. The molecule has 3 heteroatoms. The van der Waals surface area contributed by atoms with Crippen LogP contribution in [0.3, 0.4) is 0 Å². The summed E-state index contributed by atoms with van der Waals surface area (Å²) in [5, 5.41) is 10.7. The van der Waals surface area contributed by atoms with Crippen LogP contribution in [0.2, 0.25) is 0 Å². The maximum atomic E-state index is 10.7. The molecule has 1 fully saturated rings. The number of hydrogen-bond donors (Lipinski definition) is 1. The first-order valence-electron chi connectivity index (χ1n) is 7.73. The molecule has 0 bridgehead atoms. The van der Waals surface area contributed by atoms with Gasteiger partial charge in [0.1, 0.15) is 18.5 Å². The van der Waals surface area contributed by atoms with Crippen molar-refractivity contribution in [2.45, 2.75) is 45.8 Å². The predicted molar refractivity (Wildman–Crippen MR) is 80.1 cm³/mol. The number of aliphatic hydroxyl groups is 1. The highest BCUT2D eigenvalue weighted by molar-refractivity contribution is 5.48. The SMILES string of the molecule is Cc1ccc2c(c1C)OCC(N1CCC(C)CC1)C2O. The Morgan fingerprint density at radius 3 is 2.60 bits per heavy atom. The zero-order valence-electron chi connectivity index (χ0n) is 12.7. The number of nitrogens with zero attached hydrogens (tertiary/aromatic N) is 1. The van der Waals surface area contributed by atoms with Crippen molar-refractivity contribution in [1.29, 1.82) is 0 Å². The number of likely N-dealkylation sites (tertiary alicyclic amines) is 1. The van der Waals surface area contributed by atoms with Crippen molar-refractivity contribution in [3.63, 3.8) is 0 Å². The molecule has 2 aliphatic rings. The molecule has 3 rings (SSSR count). The Bertz CT molecular complexity index is 492. The lowest BCUT2D eigenvalue weighted by atomic mass is 9.91. The van der Waals surface area contributed by atoms with E-state index in [1.807, 2.05) is 6.07 Å². The van der Waals surface area contributed by atoms with Gasteiger partial charge in [-0.1, -0.05) is 19.1 Å². The third kappa shape index (κ3) is 2.33. The van der Waals surface area contributed by atoms with Crippen LogP contribution in [-0.4, -0.2) is 35.7 Å². The molecule has 110 valence electrons. The van der Waals surface area contributed by atoms with Crippen molar-refractivity contribution < 1.29 is 9.84 Å². The van der Waals surface area contributed by atoms with E-state index >= 15 is 0 Å². The van der Waals surface area contributed by atoms with E-state index in [9.17, 15) is 5.11 Å².